The summed E-state index contributed by atoms with van der Waals surface area (Å²) < 4.78 is 33.1. The quantitative estimate of drug-likeness (QED) is 0.925. The molecule has 1 aromatic rings. The number of ether oxygens (including phenoxy) is 1. The highest BCUT2D eigenvalue weighted by Gasteiger charge is 2.35. The Balaban J connectivity index is 1.95. The molecule has 2 aliphatic rings. The molecule has 2 unspecified atom stereocenters. The van der Waals surface area contributed by atoms with Gasteiger partial charge in [-0.05, 0) is 37.5 Å². The summed E-state index contributed by atoms with van der Waals surface area (Å²) in [6, 6.07) is 5.35. The van der Waals surface area contributed by atoms with E-state index in [2.05, 4.69) is 5.32 Å². The van der Waals surface area contributed by atoms with E-state index in [1.54, 1.807) is 16.4 Å². The smallest absolute Gasteiger partial charge is 0.243 e. The highest BCUT2D eigenvalue weighted by molar-refractivity contribution is 7.89. The molecular formula is C15H22N2O3S. The first-order valence-corrected chi connectivity index (χ1v) is 8.96. The molecule has 1 N–H and O–H groups in total. The molecule has 1 saturated heterocycles. The Morgan fingerprint density at radius 2 is 2.24 bits per heavy atom. The van der Waals surface area contributed by atoms with E-state index in [4.69, 9.17) is 4.74 Å². The summed E-state index contributed by atoms with van der Waals surface area (Å²) in [4.78, 5) is 0.378. The van der Waals surface area contributed by atoms with Crippen molar-refractivity contribution in [3.63, 3.8) is 0 Å². The van der Waals surface area contributed by atoms with Crippen LogP contribution in [0, 0.1) is 0 Å². The first-order chi connectivity index (χ1) is 10.0. The minimum Gasteiger partial charge on any atom is -0.384 e. The lowest BCUT2D eigenvalue weighted by Crippen LogP contribution is -2.51. The molecule has 2 aliphatic heterocycles. The van der Waals surface area contributed by atoms with Crippen LogP contribution in [0.4, 0.5) is 5.69 Å². The number of hydrogen-bond acceptors (Lipinski definition) is 4. The van der Waals surface area contributed by atoms with Crippen LogP contribution in [0.5, 0.6) is 0 Å². The second kappa shape index (κ2) is 5.59. The standard InChI is InChI=1S/C15H22N2O3S/c1-3-13-10-20-11(2)9-17(13)21(18,19)14-5-4-12-6-7-16-15(12)8-14/h4-5,8,11,13,16H,3,6-7,9-10H2,1-2H3. The van der Waals surface area contributed by atoms with E-state index in [9.17, 15) is 8.42 Å². The van der Waals surface area contributed by atoms with Crippen molar-refractivity contribution in [2.45, 2.75) is 43.7 Å². The van der Waals surface area contributed by atoms with Crippen LogP contribution in [0.2, 0.25) is 0 Å². The molecule has 6 heteroatoms. The van der Waals surface area contributed by atoms with Gasteiger partial charge in [-0.1, -0.05) is 13.0 Å². The van der Waals surface area contributed by atoms with E-state index >= 15 is 0 Å². The summed E-state index contributed by atoms with van der Waals surface area (Å²) in [7, 11) is -3.46. The van der Waals surface area contributed by atoms with Crippen molar-refractivity contribution in [1.29, 1.82) is 0 Å². The Kier molecular flexibility index (Phi) is 3.94. The predicted octanol–water partition coefficient (Wildman–Crippen LogP) is 1.84. The van der Waals surface area contributed by atoms with Gasteiger partial charge >= 0.3 is 0 Å². The highest BCUT2D eigenvalue weighted by Crippen LogP contribution is 2.29. The van der Waals surface area contributed by atoms with Crippen LogP contribution in [0.3, 0.4) is 0 Å². The highest BCUT2D eigenvalue weighted by atomic mass is 32.2. The van der Waals surface area contributed by atoms with Crippen LogP contribution in [0.15, 0.2) is 23.1 Å². The average Bonchev–Trinajstić information content (AvgIpc) is 2.94. The Morgan fingerprint density at radius 3 is 3.00 bits per heavy atom. The third kappa shape index (κ3) is 2.67. The summed E-state index contributed by atoms with van der Waals surface area (Å²) in [5.74, 6) is 0. The summed E-state index contributed by atoms with van der Waals surface area (Å²) >= 11 is 0. The first kappa shape index (κ1) is 14.8. The summed E-state index contributed by atoms with van der Waals surface area (Å²) in [5.41, 5.74) is 2.14. The maximum Gasteiger partial charge on any atom is 0.243 e. The monoisotopic (exact) mass is 310 g/mol. The molecule has 116 valence electrons. The fourth-order valence-corrected chi connectivity index (χ4v) is 4.78. The van der Waals surface area contributed by atoms with E-state index in [0.29, 0.717) is 18.0 Å². The fraction of sp³-hybridized carbons (Fsp3) is 0.600. The van der Waals surface area contributed by atoms with Gasteiger partial charge in [0, 0.05) is 24.8 Å². The Bertz CT molecular complexity index is 630. The van der Waals surface area contributed by atoms with E-state index in [1.165, 1.54) is 5.56 Å². The number of nitrogens with one attached hydrogen (secondary N) is 1. The SMILES string of the molecule is CCC1COC(C)CN1S(=O)(=O)c1ccc2c(c1)NCC2. The zero-order valence-electron chi connectivity index (χ0n) is 12.5. The van der Waals surface area contributed by atoms with Crippen LogP contribution in [0.1, 0.15) is 25.8 Å². The van der Waals surface area contributed by atoms with Crippen LogP contribution in [-0.2, 0) is 21.2 Å². The molecule has 0 amide bonds. The number of nitrogens with zero attached hydrogens (tertiary/aromatic N) is 1. The minimum absolute atomic E-state index is 0.0601. The average molecular weight is 310 g/mol. The van der Waals surface area contributed by atoms with Crippen molar-refractivity contribution in [2.24, 2.45) is 0 Å². The molecule has 2 heterocycles. The number of benzene rings is 1. The number of morpholine rings is 1. The molecule has 0 bridgehead atoms. The van der Waals surface area contributed by atoms with E-state index < -0.39 is 10.0 Å². The lowest BCUT2D eigenvalue weighted by molar-refractivity contribution is -0.0230. The van der Waals surface area contributed by atoms with E-state index in [0.717, 1.165) is 25.1 Å². The number of anilines is 1. The molecule has 3 rings (SSSR count). The van der Waals surface area contributed by atoms with Gasteiger partial charge < -0.3 is 10.1 Å². The second-order valence-corrected chi connectivity index (χ2v) is 7.67. The number of sulfonamides is 1. The van der Waals surface area contributed by atoms with Crippen molar-refractivity contribution in [3.8, 4) is 0 Å². The number of fused-ring (bicyclic) bond motifs is 1. The van der Waals surface area contributed by atoms with E-state index in [-0.39, 0.29) is 12.1 Å². The Labute approximate surface area is 126 Å². The van der Waals surface area contributed by atoms with Gasteiger partial charge in [-0.15, -0.1) is 0 Å². The van der Waals surface area contributed by atoms with Gasteiger partial charge in [-0.3, -0.25) is 0 Å². The van der Waals surface area contributed by atoms with Crippen molar-refractivity contribution in [3.05, 3.63) is 23.8 Å². The first-order valence-electron chi connectivity index (χ1n) is 7.52. The lowest BCUT2D eigenvalue weighted by atomic mass is 10.2. The predicted molar refractivity (Wildman–Crippen MR) is 82.0 cm³/mol. The Morgan fingerprint density at radius 1 is 1.43 bits per heavy atom. The molecule has 0 aliphatic carbocycles. The van der Waals surface area contributed by atoms with Gasteiger partial charge in [0.15, 0.2) is 0 Å². The largest absolute Gasteiger partial charge is 0.384 e. The van der Waals surface area contributed by atoms with Crippen molar-refractivity contribution in [2.75, 3.05) is 25.0 Å². The molecular weight excluding hydrogens is 288 g/mol. The summed E-state index contributed by atoms with van der Waals surface area (Å²) in [5, 5.41) is 3.24. The topological polar surface area (TPSA) is 58.6 Å². The molecule has 0 radical (unpaired) electrons. The van der Waals surface area contributed by atoms with Crippen LogP contribution < -0.4 is 5.32 Å². The molecule has 21 heavy (non-hydrogen) atoms. The zero-order valence-corrected chi connectivity index (χ0v) is 13.3. The van der Waals surface area contributed by atoms with E-state index in [1.807, 2.05) is 19.9 Å². The molecule has 5 nitrogen and oxygen atoms in total. The van der Waals surface area contributed by atoms with Gasteiger partial charge in [0.05, 0.1) is 17.6 Å². The van der Waals surface area contributed by atoms with Gasteiger partial charge in [0.25, 0.3) is 0 Å². The molecule has 0 aromatic heterocycles. The van der Waals surface area contributed by atoms with Crippen molar-refractivity contribution >= 4 is 15.7 Å². The molecule has 0 saturated carbocycles. The fourth-order valence-electron chi connectivity index (χ4n) is 3.00. The summed E-state index contributed by atoms with van der Waals surface area (Å²) in [6.07, 6.45) is 1.66. The molecule has 1 fully saturated rings. The van der Waals surface area contributed by atoms with Crippen molar-refractivity contribution < 1.29 is 13.2 Å². The normalized spacial score (nSPS) is 26.4. The van der Waals surface area contributed by atoms with Gasteiger partial charge in [0.2, 0.25) is 10.0 Å². The zero-order chi connectivity index (χ0) is 15.0. The third-order valence-corrected chi connectivity index (χ3v) is 6.20. The van der Waals surface area contributed by atoms with Gasteiger partial charge in [-0.25, -0.2) is 8.42 Å². The molecule has 0 spiro atoms. The maximum absolute atomic E-state index is 12.9. The van der Waals surface area contributed by atoms with Crippen molar-refractivity contribution in [1.82, 2.24) is 4.31 Å². The number of hydrogen-bond donors (Lipinski definition) is 1. The lowest BCUT2D eigenvalue weighted by Gasteiger charge is -2.37. The minimum atomic E-state index is -3.46. The molecule has 2 atom stereocenters. The van der Waals surface area contributed by atoms with Crippen LogP contribution in [-0.4, -0.2) is 44.6 Å². The van der Waals surface area contributed by atoms with Crippen LogP contribution in [0.25, 0.3) is 0 Å². The summed E-state index contributed by atoms with van der Waals surface area (Å²) in [6.45, 7) is 5.69. The third-order valence-electron chi connectivity index (χ3n) is 4.29. The maximum atomic E-state index is 12.9. The van der Waals surface area contributed by atoms with Gasteiger partial charge in [0.1, 0.15) is 0 Å². The van der Waals surface area contributed by atoms with Gasteiger partial charge in [-0.2, -0.15) is 4.31 Å². The van der Waals surface area contributed by atoms with Crippen LogP contribution >= 0.6 is 0 Å². The Hall–Kier alpha value is -1.11. The second-order valence-electron chi connectivity index (χ2n) is 5.78. The number of rotatable bonds is 3. The molecule has 1 aromatic carbocycles.